The minimum absolute atomic E-state index is 0. The van der Waals surface area contributed by atoms with Gasteiger partial charge < -0.3 is 16.0 Å². The predicted octanol–water partition coefficient (Wildman–Crippen LogP) is 2.12. The fourth-order valence-electron chi connectivity index (χ4n) is 2.89. The van der Waals surface area contributed by atoms with Crippen LogP contribution in [0.1, 0.15) is 43.0 Å². The summed E-state index contributed by atoms with van der Waals surface area (Å²) in [6.45, 7) is 10.8. The number of guanidine groups is 1. The highest BCUT2D eigenvalue weighted by Gasteiger charge is 2.21. The number of hydrogen-bond donors (Lipinski definition) is 3. The van der Waals surface area contributed by atoms with Gasteiger partial charge in [-0.2, -0.15) is 0 Å². The van der Waals surface area contributed by atoms with Crippen LogP contribution >= 0.6 is 35.3 Å². The van der Waals surface area contributed by atoms with E-state index in [0.717, 1.165) is 56.4 Å². The van der Waals surface area contributed by atoms with Crippen molar-refractivity contribution < 1.29 is 4.79 Å². The number of nitrogens with zero attached hydrogens (tertiary/aromatic N) is 3. The van der Waals surface area contributed by atoms with Crippen LogP contribution in [0, 0.1) is 6.92 Å². The summed E-state index contributed by atoms with van der Waals surface area (Å²) in [6.07, 6.45) is 4.90. The van der Waals surface area contributed by atoms with E-state index in [4.69, 9.17) is 0 Å². The highest BCUT2D eigenvalue weighted by molar-refractivity contribution is 14.0. The Hall–Kier alpha value is -0.940. The molecule has 2 heterocycles. The number of likely N-dealkylation sites (tertiary alicyclic amines) is 1. The van der Waals surface area contributed by atoms with Gasteiger partial charge in [-0.1, -0.05) is 6.92 Å². The Kier molecular flexibility index (Phi) is 11.8. The van der Waals surface area contributed by atoms with Crippen molar-refractivity contribution >= 4 is 47.2 Å². The summed E-state index contributed by atoms with van der Waals surface area (Å²) in [6, 6.07) is 0.390. The molecule has 0 bridgehead atoms. The number of thiazole rings is 1. The monoisotopic (exact) mass is 508 g/mol. The van der Waals surface area contributed by atoms with E-state index in [1.165, 1.54) is 4.88 Å². The van der Waals surface area contributed by atoms with E-state index in [0.29, 0.717) is 19.1 Å². The molecule has 7 nitrogen and oxygen atoms in total. The zero-order valence-corrected chi connectivity index (χ0v) is 19.7. The van der Waals surface area contributed by atoms with Crippen LogP contribution in [-0.2, 0) is 11.3 Å². The standard InChI is InChI=1S/C18H32N6OS.HI/c1-4-8-20-16(25)13-24-9-6-15(7-10-24)23-18(19-5-2)22-12-17-21-11-14(3)26-17;/h11,15H,4-10,12-13H2,1-3H3,(H,20,25)(H2,19,22,23);1H. The number of carbonyl (C=O) groups is 1. The lowest BCUT2D eigenvalue weighted by Crippen LogP contribution is -2.50. The molecule has 0 spiro atoms. The van der Waals surface area contributed by atoms with Gasteiger partial charge in [-0.3, -0.25) is 9.69 Å². The van der Waals surface area contributed by atoms with Crippen molar-refractivity contribution in [1.29, 1.82) is 0 Å². The molecule has 0 atom stereocenters. The van der Waals surface area contributed by atoms with Crippen molar-refractivity contribution in [1.82, 2.24) is 25.8 Å². The summed E-state index contributed by atoms with van der Waals surface area (Å²) in [5, 5.41) is 10.8. The number of carbonyl (C=O) groups excluding carboxylic acids is 1. The zero-order valence-electron chi connectivity index (χ0n) is 16.6. The first-order valence-corrected chi connectivity index (χ1v) is 10.4. The maximum Gasteiger partial charge on any atom is 0.234 e. The van der Waals surface area contributed by atoms with Crippen LogP contribution in [0.4, 0.5) is 0 Å². The summed E-state index contributed by atoms with van der Waals surface area (Å²) in [4.78, 5) is 24.3. The van der Waals surface area contributed by atoms with Gasteiger partial charge in [0.2, 0.25) is 5.91 Å². The third-order valence-corrected chi connectivity index (χ3v) is 5.15. The lowest BCUT2D eigenvalue weighted by atomic mass is 10.1. The Morgan fingerprint density at radius 2 is 2.07 bits per heavy atom. The minimum atomic E-state index is 0. The van der Waals surface area contributed by atoms with Gasteiger partial charge in [-0.25, -0.2) is 9.98 Å². The molecule has 3 N–H and O–H groups in total. The molecule has 1 aliphatic heterocycles. The molecule has 1 fully saturated rings. The van der Waals surface area contributed by atoms with Crippen molar-refractivity contribution in [3.63, 3.8) is 0 Å². The Labute approximate surface area is 183 Å². The Morgan fingerprint density at radius 3 is 2.67 bits per heavy atom. The number of piperidine rings is 1. The second-order valence-corrected chi connectivity index (χ2v) is 7.92. The van der Waals surface area contributed by atoms with E-state index in [9.17, 15) is 4.79 Å². The van der Waals surface area contributed by atoms with Crippen LogP contribution in [0.2, 0.25) is 0 Å². The van der Waals surface area contributed by atoms with Gasteiger partial charge in [0.05, 0.1) is 13.1 Å². The third kappa shape index (κ3) is 9.20. The highest BCUT2D eigenvalue weighted by atomic mass is 127. The van der Waals surface area contributed by atoms with Gasteiger partial charge in [-0.15, -0.1) is 35.3 Å². The minimum Gasteiger partial charge on any atom is -0.357 e. The molecule has 0 saturated carbocycles. The number of hydrogen-bond acceptors (Lipinski definition) is 5. The van der Waals surface area contributed by atoms with Gasteiger partial charge in [0.15, 0.2) is 5.96 Å². The van der Waals surface area contributed by atoms with Crippen molar-refractivity contribution in [2.45, 2.75) is 52.6 Å². The molecule has 0 aliphatic carbocycles. The number of halogens is 1. The number of aliphatic imine (C=N–C) groups is 1. The molecule has 1 aromatic heterocycles. The molecule has 1 aliphatic rings. The summed E-state index contributed by atoms with van der Waals surface area (Å²) >= 11 is 1.69. The van der Waals surface area contributed by atoms with E-state index in [1.807, 2.05) is 6.20 Å². The third-order valence-electron chi connectivity index (χ3n) is 4.25. The molecule has 0 aromatic carbocycles. The van der Waals surface area contributed by atoms with E-state index in [-0.39, 0.29) is 29.9 Å². The SMILES string of the molecule is CCCNC(=O)CN1CCC(NC(=NCc2ncc(C)s2)NCC)CC1.I. The molecule has 0 unspecified atom stereocenters. The maximum absolute atomic E-state index is 11.8. The second kappa shape index (κ2) is 13.3. The van der Waals surface area contributed by atoms with E-state index in [1.54, 1.807) is 11.3 Å². The van der Waals surface area contributed by atoms with E-state index < -0.39 is 0 Å². The molecule has 27 heavy (non-hydrogen) atoms. The van der Waals surface area contributed by atoms with Crippen LogP contribution in [0.15, 0.2) is 11.2 Å². The van der Waals surface area contributed by atoms with Crippen LogP contribution in [0.3, 0.4) is 0 Å². The highest BCUT2D eigenvalue weighted by Crippen LogP contribution is 2.12. The van der Waals surface area contributed by atoms with Gasteiger partial charge in [0, 0.05) is 43.3 Å². The molecule has 2 rings (SSSR count). The fourth-order valence-corrected chi connectivity index (χ4v) is 3.60. The Bertz CT molecular complexity index is 586. The summed E-state index contributed by atoms with van der Waals surface area (Å²) in [5.74, 6) is 0.978. The molecule has 1 amide bonds. The topological polar surface area (TPSA) is 81.7 Å². The van der Waals surface area contributed by atoms with Crippen molar-refractivity contribution in [3.8, 4) is 0 Å². The Morgan fingerprint density at radius 1 is 1.33 bits per heavy atom. The normalized spacial score (nSPS) is 15.9. The molecular formula is C18H33IN6OS. The zero-order chi connectivity index (χ0) is 18.8. The molecule has 1 saturated heterocycles. The van der Waals surface area contributed by atoms with Gasteiger partial charge in [0.1, 0.15) is 5.01 Å². The van der Waals surface area contributed by atoms with E-state index >= 15 is 0 Å². The van der Waals surface area contributed by atoms with Gasteiger partial charge >= 0.3 is 0 Å². The smallest absolute Gasteiger partial charge is 0.234 e. The summed E-state index contributed by atoms with van der Waals surface area (Å²) in [5.41, 5.74) is 0. The lowest BCUT2D eigenvalue weighted by molar-refractivity contribution is -0.122. The number of nitrogens with one attached hydrogen (secondary N) is 3. The number of aryl methyl sites for hydroxylation is 1. The molecule has 9 heteroatoms. The van der Waals surface area contributed by atoms with Gasteiger partial charge in [-0.05, 0) is 33.1 Å². The average molecular weight is 508 g/mol. The fraction of sp³-hybridized carbons (Fsp3) is 0.722. The van der Waals surface area contributed by atoms with Crippen LogP contribution < -0.4 is 16.0 Å². The van der Waals surface area contributed by atoms with E-state index in [2.05, 4.69) is 51.6 Å². The number of rotatable bonds is 8. The van der Waals surface area contributed by atoms with Crippen LogP contribution in [0.5, 0.6) is 0 Å². The lowest BCUT2D eigenvalue weighted by Gasteiger charge is -2.32. The number of aromatic nitrogens is 1. The van der Waals surface area contributed by atoms with Crippen LogP contribution in [0.25, 0.3) is 0 Å². The molecule has 1 aromatic rings. The first-order chi connectivity index (χ1) is 12.6. The summed E-state index contributed by atoms with van der Waals surface area (Å²) < 4.78 is 0. The molecule has 154 valence electrons. The maximum atomic E-state index is 11.8. The second-order valence-electron chi connectivity index (χ2n) is 6.60. The van der Waals surface area contributed by atoms with Gasteiger partial charge in [0.25, 0.3) is 0 Å². The average Bonchev–Trinajstić information content (AvgIpc) is 3.05. The van der Waals surface area contributed by atoms with Crippen molar-refractivity contribution in [3.05, 3.63) is 16.1 Å². The first kappa shape index (κ1) is 24.1. The predicted molar refractivity (Wildman–Crippen MR) is 123 cm³/mol. The van der Waals surface area contributed by atoms with Crippen molar-refractivity contribution in [2.75, 3.05) is 32.7 Å². The number of amides is 1. The molecular weight excluding hydrogens is 475 g/mol. The quantitative estimate of drug-likeness (QED) is 0.285. The van der Waals surface area contributed by atoms with Crippen LogP contribution in [-0.4, -0.2) is 60.5 Å². The Balaban J connectivity index is 0.00000364. The molecule has 0 radical (unpaired) electrons. The first-order valence-electron chi connectivity index (χ1n) is 9.55. The summed E-state index contributed by atoms with van der Waals surface area (Å²) in [7, 11) is 0. The van der Waals surface area contributed by atoms with Crippen molar-refractivity contribution in [2.24, 2.45) is 4.99 Å². The largest absolute Gasteiger partial charge is 0.357 e.